The second kappa shape index (κ2) is 12.3. The van der Waals surface area contributed by atoms with Gasteiger partial charge in [-0.15, -0.1) is 0 Å². The van der Waals surface area contributed by atoms with Crippen LogP contribution < -0.4 is 10.1 Å². The number of piperazine rings is 1. The van der Waals surface area contributed by atoms with Crippen molar-refractivity contribution in [3.63, 3.8) is 0 Å². The fraction of sp³-hybridized carbons (Fsp3) is 0.182. The molecule has 0 unspecified atom stereocenters. The number of pyridine rings is 2. The third kappa shape index (κ3) is 6.39. The van der Waals surface area contributed by atoms with E-state index in [4.69, 9.17) is 4.74 Å². The molecule has 3 amide bonds. The molecule has 234 valence electrons. The molecule has 1 aliphatic rings. The first-order valence-corrected chi connectivity index (χ1v) is 14.3. The van der Waals surface area contributed by atoms with E-state index in [0.29, 0.717) is 49.0 Å². The van der Waals surface area contributed by atoms with Crippen LogP contribution in [0.3, 0.4) is 0 Å². The Bertz CT molecular complexity index is 1900. The van der Waals surface area contributed by atoms with Crippen molar-refractivity contribution in [3.05, 3.63) is 114 Å². The summed E-state index contributed by atoms with van der Waals surface area (Å²) < 4.78 is 46.1. The van der Waals surface area contributed by atoms with Gasteiger partial charge in [-0.25, -0.2) is 4.98 Å². The molecule has 1 N–H and O–H groups in total. The highest BCUT2D eigenvalue weighted by Gasteiger charge is 2.30. The van der Waals surface area contributed by atoms with Gasteiger partial charge in [-0.2, -0.15) is 13.2 Å². The number of aromatic nitrogens is 3. The van der Waals surface area contributed by atoms with E-state index in [1.54, 1.807) is 64.5 Å². The summed E-state index contributed by atoms with van der Waals surface area (Å²) in [4.78, 5) is 50.4. The van der Waals surface area contributed by atoms with Crippen molar-refractivity contribution in [2.45, 2.75) is 6.18 Å². The van der Waals surface area contributed by atoms with Gasteiger partial charge in [-0.1, -0.05) is 6.07 Å². The second-order valence-electron chi connectivity index (χ2n) is 10.6. The van der Waals surface area contributed by atoms with E-state index in [1.165, 1.54) is 6.20 Å². The van der Waals surface area contributed by atoms with Gasteiger partial charge in [0.2, 0.25) is 5.88 Å². The Hall–Kier alpha value is -5.72. The van der Waals surface area contributed by atoms with Crippen LogP contribution in [-0.4, -0.2) is 68.2 Å². The van der Waals surface area contributed by atoms with E-state index in [0.717, 1.165) is 35.2 Å². The Morgan fingerprint density at radius 2 is 1.54 bits per heavy atom. The van der Waals surface area contributed by atoms with Gasteiger partial charge >= 0.3 is 6.18 Å². The van der Waals surface area contributed by atoms with Crippen molar-refractivity contribution in [1.29, 1.82) is 0 Å². The second-order valence-corrected chi connectivity index (χ2v) is 10.6. The van der Waals surface area contributed by atoms with Gasteiger partial charge in [0.15, 0.2) is 0 Å². The molecule has 5 aromatic rings. The number of nitrogens with one attached hydrogen (secondary N) is 1. The van der Waals surface area contributed by atoms with E-state index >= 15 is 0 Å². The van der Waals surface area contributed by atoms with Crippen molar-refractivity contribution >= 4 is 34.3 Å². The minimum absolute atomic E-state index is 0.0697. The molecular weight excluding hydrogens is 601 g/mol. The van der Waals surface area contributed by atoms with Crippen molar-refractivity contribution in [1.82, 2.24) is 24.3 Å². The number of benzene rings is 2. The maximum Gasteiger partial charge on any atom is 0.416 e. The third-order valence-electron chi connectivity index (χ3n) is 7.66. The number of alkyl halides is 3. The number of hydrogen-bond donors (Lipinski definition) is 1. The van der Waals surface area contributed by atoms with Crippen LogP contribution in [0, 0.1) is 0 Å². The van der Waals surface area contributed by atoms with Gasteiger partial charge in [0.25, 0.3) is 17.7 Å². The zero-order valence-corrected chi connectivity index (χ0v) is 24.5. The summed E-state index contributed by atoms with van der Waals surface area (Å²) in [6.07, 6.45) is -1.53. The predicted molar refractivity (Wildman–Crippen MR) is 163 cm³/mol. The summed E-state index contributed by atoms with van der Waals surface area (Å²) in [5.74, 6) is -0.146. The van der Waals surface area contributed by atoms with Gasteiger partial charge in [0.1, 0.15) is 17.1 Å². The van der Waals surface area contributed by atoms with Crippen LogP contribution in [0.5, 0.6) is 11.6 Å². The number of carbonyl (C=O) groups is 3. The summed E-state index contributed by atoms with van der Waals surface area (Å²) in [5, 5.41) is 3.38. The summed E-state index contributed by atoms with van der Waals surface area (Å²) in [6, 6.07) is 19.4. The number of carbonyl (C=O) groups excluding carboxylic acids is 3. The molecule has 0 radical (unpaired) electrons. The lowest BCUT2D eigenvalue weighted by Gasteiger charge is -2.34. The first-order valence-electron chi connectivity index (χ1n) is 14.3. The van der Waals surface area contributed by atoms with Crippen LogP contribution in [-0.2, 0) is 13.2 Å². The molecule has 0 atom stereocenters. The van der Waals surface area contributed by atoms with Crippen molar-refractivity contribution in [2.75, 3.05) is 31.5 Å². The molecule has 0 bridgehead atoms. The maximum absolute atomic E-state index is 13.4. The first kappa shape index (κ1) is 30.3. The molecule has 3 aromatic heterocycles. The Morgan fingerprint density at radius 1 is 0.826 bits per heavy atom. The molecule has 1 aliphatic heterocycles. The quantitative estimate of drug-likeness (QED) is 0.261. The van der Waals surface area contributed by atoms with Crippen LogP contribution in [0.2, 0.25) is 0 Å². The molecule has 1 saturated heterocycles. The van der Waals surface area contributed by atoms with Crippen molar-refractivity contribution in [2.24, 2.45) is 7.05 Å². The fourth-order valence-electron chi connectivity index (χ4n) is 5.17. The smallest absolute Gasteiger partial charge is 0.416 e. The van der Waals surface area contributed by atoms with Gasteiger partial charge in [-0.3, -0.25) is 19.4 Å². The molecular formula is C33H27F3N6O4. The zero-order chi connectivity index (χ0) is 32.4. The molecule has 13 heteroatoms. The maximum atomic E-state index is 13.4. The molecule has 0 saturated carbocycles. The van der Waals surface area contributed by atoms with Gasteiger partial charge in [-0.05, 0) is 66.7 Å². The first-order chi connectivity index (χ1) is 22.1. The van der Waals surface area contributed by atoms with Gasteiger partial charge in [0, 0.05) is 62.0 Å². The highest BCUT2D eigenvalue weighted by Crippen LogP contribution is 2.30. The minimum Gasteiger partial charge on any atom is -0.439 e. The highest BCUT2D eigenvalue weighted by atomic mass is 19.4. The van der Waals surface area contributed by atoms with E-state index in [-0.39, 0.29) is 23.3 Å². The highest BCUT2D eigenvalue weighted by molar-refractivity contribution is 6.04. The average Bonchev–Trinajstić information content (AvgIpc) is 3.40. The Labute approximate surface area is 261 Å². The normalized spacial score (nSPS) is 13.5. The fourth-order valence-corrected chi connectivity index (χ4v) is 5.17. The minimum atomic E-state index is -4.49. The molecule has 2 aromatic carbocycles. The molecule has 46 heavy (non-hydrogen) atoms. The van der Waals surface area contributed by atoms with E-state index in [1.807, 2.05) is 17.7 Å². The summed E-state index contributed by atoms with van der Waals surface area (Å²) in [6.45, 7) is 1.63. The summed E-state index contributed by atoms with van der Waals surface area (Å²) >= 11 is 0. The molecule has 1 fully saturated rings. The third-order valence-corrected chi connectivity index (χ3v) is 7.66. The number of rotatable bonds is 6. The number of ether oxygens (including phenoxy) is 1. The molecule has 4 heterocycles. The molecule has 6 rings (SSSR count). The SMILES string of the molecule is Cn1c(C(=O)N2CCN(C(=O)c3ccccn3)CC2)cc2cc(Oc3ccc(NC(=O)c4ccc(C(F)(F)F)cc4)cn3)ccc21. The summed E-state index contributed by atoms with van der Waals surface area (Å²) in [7, 11) is 1.82. The molecule has 0 spiro atoms. The van der Waals surface area contributed by atoms with Gasteiger partial charge < -0.3 is 24.4 Å². The number of anilines is 1. The number of halogens is 3. The van der Waals surface area contributed by atoms with Crippen molar-refractivity contribution in [3.8, 4) is 11.6 Å². The van der Waals surface area contributed by atoms with Gasteiger partial charge in [0.05, 0.1) is 17.4 Å². The average molecular weight is 629 g/mol. The Kier molecular flexibility index (Phi) is 8.14. The standard InChI is InChI=1S/C33H27F3N6O4/c1-40-27-11-10-25(46-29-12-9-24(20-38-29)39-30(43)21-5-7-23(8-6-21)33(34,35)36)18-22(27)19-28(40)32(45)42-16-14-41(15-17-42)31(44)26-4-2-3-13-37-26/h2-13,18-20H,14-17H2,1H3,(H,39,43). The van der Waals surface area contributed by atoms with E-state index < -0.39 is 17.6 Å². The monoisotopic (exact) mass is 628 g/mol. The van der Waals surface area contributed by atoms with Crippen molar-refractivity contribution < 1.29 is 32.3 Å². The number of hydrogen-bond acceptors (Lipinski definition) is 6. The zero-order valence-electron chi connectivity index (χ0n) is 24.5. The van der Waals surface area contributed by atoms with Crippen LogP contribution in [0.4, 0.5) is 18.9 Å². The number of aryl methyl sites for hydroxylation is 1. The lowest BCUT2D eigenvalue weighted by molar-refractivity contribution is -0.137. The Morgan fingerprint density at radius 3 is 2.17 bits per heavy atom. The van der Waals surface area contributed by atoms with Crippen LogP contribution >= 0.6 is 0 Å². The van der Waals surface area contributed by atoms with E-state index in [9.17, 15) is 27.6 Å². The molecule has 0 aliphatic carbocycles. The van der Waals surface area contributed by atoms with Crippen LogP contribution in [0.15, 0.2) is 91.3 Å². The lowest BCUT2D eigenvalue weighted by Crippen LogP contribution is -2.51. The topological polar surface area (TPSA) is 110 Å². The summed E-state index contributed by atoms with van der Waals surface area (Å²) in [5.41, 5.74) is 1.27. The van der Waals surface area contributed by atoms with Crippen LogP contribution in [0.1, 0.15) is 36.9 Å². The van der Waals surface area contributed by atoms with E-state index in [2.05, 4.69) is 15.3 Å². The Balaban J connectivity index is 1.07. The largest absolute Gasteiger partial charge is 0.439 e. The van der Waals surface area contributed by atoms with Crippen LogP contribution in [0.25, 0.3) is 10.9 Å². The number of nitrogens with zero attached hydrogens (tertiary/aromatic N) is 5. The predicted octanol–water partition coefficient (Wildman–Crippen LogP) is 5.63. The lowest BCUT2D eigenvalue weighted by atomic mass is 10.1. The number of amides is 3. The molecule has 10 nitrogen and oxygen atoms in total. The number of fused-ring (bicyclic) bond motifs is 1.